The van der Waals surface area contributed by atoms with Gasteiger partial charge in [0.15, 0.2) is 5.82 Å². The van der Waals surface area contributed by atoms with E-state index in [0.717, 1.165) is 0 Å². The standard InChI is InChI=1S/C13H17N3O/c1-9(10(2)14)13-15-12(16-17-13)8-11-6-4-3-5-7-11/h3-7,9-10H,8,14H2,1-2H3. The molecule has 1 aromatic carbocycles. The molecular formula is C13H17N3O. The van der Waals surface area contributed by atoms with Crippen LogP contribution in [0.2, 0.25) is 0 Å². The van der Waals surface area contributed by atoms with Crippen LogP contribution in [-0.4, -0.2) is 16.2 Å². The van der Waals surface area contributed by atoms with Gasteiger partial charge in [-0.15, -0.1) is 0 Å². The Balaban J connectivity index is 2.09. The fourth-order valence-corrected chi connectivity index (χ4v) is 1.53. The molecule has 0 spiro atoms. The Morgan fingerprint density at radius 2 is 1.94 bits per heavy atom. The molecule has 0 saturated heterocycles. The summed E-state index contributed by atoms with van der Waals surface area (Å²) < 4.78 is 5.22. The van der Waals surface area contributed by atoms with Crippen LogP contribution in [0.15, 0.2) is 34.9 Å². The molecule has 0 fully saturated rings. The molecule has 4 heteroatoms. The molecule has 2 N–H and O–H groups in total. The highest BCUT2D eigenvalue weighted by Crippen LogP contribution is 2.16. The molecular weight excluding hydrogens is 214 g/mol. The molecule has 2 aromatic rings. The van der Waals surface area contributed by atoms with E-state index in [1.807, 2.05) is 44.2 Å². The van der Waals surface area contributed by atoms with E-state index in [9.17, 15) is 0 Å². The molecule has 2 rings (SSSR count). The molecule has 0 bridgehead atoms. The summed E-state index contributed by atoms with van der Waals surface area (Å²) >= 11 is 0. The average Bonchev–Trinajstić information content (AvgIpc) is 2.77. The molecule has 0 radical (unpaired) electrons. The van der Waals surface area contributed by atoms with Crippen molar-refractivity contribution in [1.29, 1.82) is 0 Å². The first kappa shape index (κ1) is 11.8. The van der Waals surface area contributed by atoms with Crippen molar-refractivity contribution in [2.24, 2.45) is 5.73 Å². The van der Waals surface area contributed by atoms with E-state index < -0.39 is 0 Å². The Kier molecular flexibility index (Phi) is 3.54. The van der Waals surface area contributed by atoms with Crippen LogP contribution in [0, 0.1) is 0 Å². The van der Waals surface area contributed by atoms with Gasteiger partial charge in [-0.2, -0.15) is 4.98 Å². The molecule has 1 heterocycles. The van der Waals surface area contributed by atoms with Gasteiger partial charge >= 0.3 is 0 Å². The van der Waals surface area contributed by atoms with Crippen molar-refractivity contribution in [3.05, 3.63) is 47.6 Å². The molecule has 0 amide bonds. The Morgan fingerprint density at radius 1 is 1.24 bits per heavy atom. The molecule has 2 unspecified atom stereocenters. The van der Waals surface area contributed by atoms with Gasteiger partial charge in [0, 0.05) is 12.5 Å². The van der Waals surface area contributed by atoms with Crippen molar-refractivity contribution in [1.82, 2.24) is 10.1 Å². The minimum Gasteiger partial charge on any atom is -0.339 e. The van der Waals surface area contributed by atoms with Gasteiger partial charge in [0.25, 0.3) is 0 Å². The van der Waals surface area contributed by atoms with E-state index >= 15 is 0 Å². The molecule has 0 aliphatic rings. The third kappa shape index (κ3) is 2.91. The van der Waals surface area contributed by atoms with Gasteiger partial charge in [0.05, 0.1) is 5.92 Å². The minimum atomic E-state index is 0.0139. The fraction of sp³-hybridized carbons (Fsp3) is 0.385. The summed E-state index contributed by atoms with van der Waals surface area (Å²) in [6.45, 7) is 3.93. The van der Waals surface area contributed by atoms with E-state index in [4.69, 9.17) is 10.3 Å². The van der Waals surface area contributed by atoms with Gasteiger partial charge in [0.1, 0.15) is 0 Å². The number of aromatic nitrogens is 2. The quantitative estimate of drug-likeness (QED) is 0.875. The summed E-state index contributed by atoms with van der Waals surface area (Å²) in [5.74, 6) is 1.41. The second kappa shape index (κ2) is 5.10. The van der Waals surface area contributed by atoms with Crippen LogP contribution in [0.4, 0.5) is 0 Å². The predicted octanol–water partition coefficient (Wildman–Crippen LogP) is 2.11. The van der Waals surface area contributed by atoms with Gasteiger partial charge in [-0.25, -0.2) is 0 Å². The van der Waals surface area contributed by atoms with E-state index in [1.165, 1.54) is 5.56 Å². The predicted molar refractivity (Wildman–Crippen MR) is 65.6 cm³/mol. The second-order valence-electron chi connectivity index (χ2n) is 4.36. The third-order valence-electron chi connectivity index (χ3n) is 2.87. The molecule has 2 atom stereocenters. The van der Waals surface area contributed by atoms with Crippen LogP contribution in [0.3, 0.4) is 0 Å². The van der Waals surface area contributed by atoms with Crippen LogP contribution in [0.5, 0.6) is 0 Å². The van der Waals surface area contributed by atoms with Crippen LogP contribution in [0.1, 0.15) is 37.0 Å². The summed E-state index contributed by atoms with van der Waals surface area (Å²) in [7, 11) is 0. The van der Waals surface area contributed by atoms with Gasteiger partial charge in [-0.3, -0.25) is 0 Å². The summed E-state index contributed by atoms with van der Waals surface area (Å²) in [5, 5.41) is 3.97. The van der Waals surface area contributed by atoms with Gasteiger partial charge in [-0.1, -0.05) is 42.4 Å². The molecule has 90 valence electrons. The first-order chi connectivity index (χ1) is 8.16. The van der Waals surface area contributed by atoms with Crippen molar-refractivity contribution >= 4 is 0 Å². The zero-order chi connectivity index (χ0) is 12.3. The lowest BCUT2D eigenvalue weighted by Gasteiger charge is -2.09. The maximum absolute atomic E-state index is 5.80. The minimum absolute atomic E-state index is 0.0139. The zero-order valence-electron chi connectivity index (χ0n) is 10.1. The van der Waals surface area contributed by atoms with E-state index in [-0.39, 0.29) is 12.0 Å². The highest BCUT2D eigenvalue weighted by atomic mass is 16.5. The number of hydrogen-bond donors (Lipinski definition) is 1. The lowest BCUT2D eigenvalue weighted by atomic mass is 10.1. The lowest BCUT2D eigenvalue weighted by molar-refractivity contribution is 0.343. The summed E-state index contributed by atoms with van der Waals surface area (Å²) in [6, 6.07) is 10.1. The molecule has 4 nitrogen and oxygen atoms in total. The van der Waals surface area contributed by atoms with Gasteiger partial charge in [-0.05, 0) is 12.5 Å². The molecule has 1 aromatic heterocycles. The Bertz CT molecular complexity index is 465. The van der Waals surface area contributed by atoms with Gasteiger partial charge in [0.2, 0.25) is 5.89 Å². The third-order valence-corrected chi connectivity index (χ3v) is 2.87. The number of benzene rings is 1. The number of rotatable bonds is 4. The number of hydrogen-bond acceptors (Lipinski definition) is 4. The monoisotopic (exact) mass is 231 g/mol. The highest BCUT2D eigenvalue weighted by Gasteiger charge is 2.17. The van der Waals surface area contributed by atoms with Crippen molar-refractivity contribution < 1.29 is 4.52 Å². The Morgan fingerprint density at radius 3 is 2.59 bits per heavy atom. The highest BCUT2D eigenvalue weighted by molar-refractivity contribution is 5.18. The fourth-order valence-electron chi connectivity index (χ4n) is 1.53. The summed E-state index contributed by atoms with van der Waals surface area (Å²) in [6.07, 6.45) is 0.690. The van der Waals surface area contributed by atoms with Crippen LogP contribution in [0.25, 0.3) is 0 Å². The van der Waals surface area contributed by atoms with Crippen LogP contribution >= 0.6 is 0 Å². The summed E-state index contributed by atoms with van der Waals surface area (Å²) in [5.41, 5.74) is 6.98. The van der Waals surface area contributed by atoms with Gasteiger partial charge < -0.3 is 10.3 Å². The second-order valence-corrected chi connectivity index (χ2v) is 4.36. The maximum atomic E-state index is 5.80. The van der Waals surface area contributed by atoms with E-state index in [0.29, 0.717) is 18.1 Å². The van der Waals surface area contributed by atoms with Crippen LogP contribution < -0.4 is 5.73 Å². The SMILES string of the molecule is CC(N)C(C)c1nc(Cc2ccccc2)no1. The molecule has 0 aliphatic carbocycles. The van der Waals surface area contributed by atoms with Crippen molar-refractivity contribution in [2.75, 3.05) is 0 Å². The zero-order valence-corrected chi connectivity index (χ0v) is 10.1. The van der Waals surface area contributed by atoms with Crippen LogP contribution in [-0.2, 0) is 6.42 Å². The average molecular weight is 231 g/mol. The normalized spacial score (nSPS) is 14.5. The summed E-state index contributed by atoms with van der Waals surface area (Å²) in [4.78, 5) is 4.37. The smallest absolute Gasteiger partial charge is 0.231 e. The molecule has 17 heavy (non-hydrogen) atoms. The maximum Gasteiger partial charge on any atom is 0.231 e. The largest absolute Gasteiger partial charge is 0.339 e. The number of nitrogens with two attached hydrogens (primary N) is 1. The lowest BCUT2D eigenvalue weighted by Crippen LogP contribution is -2.22. The first-order valence-corrected chi connectivity index (χ1v) is 5.79. The van der Waals surface area contributed by atoms with E-state index in [2.05, 4.69) is 10.1 Å². The Hall–Kier alpha value is -1.68. The molecule has 0 saturated carbocycles. The van der Waals surface area contributed by atoms with Crippen molar-refractivity contribution in [2.45, 2.75) is 32.2 Å². The van der Waals surface area contributed by atoms with E-state index in [1.54, 1.807) is 0 Å². The first-order valence-electron chi connectivity index (χ1n) is 5.79. The molecule has 0 aliphatic heterocycles. The topological polar surface area (TPSA) is 64.9 Å². The van der Waals surface area contributed by atoms with Crippen molar-refractivity contribution in [3.63, 3.8) is 0 Å². The van der Waals surface area contributed by atoms with Crippen molar-refractivity contribution in [3.8, 4) is 0 Å². The number of nitrogens with zero attached hydrogens (tertiary/aromatic N) is 2. The Labute approximate surface area is 101 Å².